The molecule has 15 N–H and O–H groups in total. The predicted octanol–water partition coefficient (Wildman–Crippen LogP) is 16.5. The Balaban J connectivity index is 0.000000126. The van der Waals surface area contributed by atoms with Gasteiger partial charge >= 0.3 is 0 Å². The summed E-state index contributed by atoms with van der Waals surface area (Å²) in [5.41, 5.74) is 69.7. The number of nitrogen functional groups attached to an aromatic ring is 4. The maximum atomic E-state index is 11.8. The molecule has 19 aromatic rings. The van der Waals surface area contributed by atoms with Crippen molar-refractivity contribution in [3.63, 3.8) is 0 Å². The second-order valence-electron chi connectivity index (χ2n) is 32.1. The number of rotatable bonds is 16. The van der Waals surface area contributed by atoms with Crippen LogP contribution in [0.5, 0.6) is 0 Å². The molecule has 29 heteroatoms. The minimum Gasteiger partial charge on any atom is -0.389 e. The Bertz CT molecular complexity index is 7340. The van der Waals surface area contributed by atoms with E-state index in [0.29, 0.717) is 29.4 Å². The van der Waals surface area contributed by atoms with Gasteiger partial charge in [-0.2, -0.15) is 15.3 Å². The lowest BCUT2D eigenvalue weighted by atomic mass is 9.94. The third-order valence-electron chi connectivity index (χ3n) is 22.0. The van der Waals surface area contributed by atoms with Crippen molar-refractivity contribution in [3.05, 3.63) is 318 Å². The van der Waals surface area contributed by atoms with Gasteiger partial charge in [-0.1, -0.05) is 144 Å². The van der Waals surface area contributed by atoms with Crippen molar-refractivity contribution in [1.29, 1.82) is 0 Å². The lowest BCUT2D eigenvalue weighted by Gasteiger charge is -2.16. The van der Waals surface area contributed by atoms with Crippen molar-refractivity contribution in [2.45, 2.75) is 81.4 Å². The number of aryl methyl sites for hydroxylation is 8. The molecule has 0 unspecified atom stereocenters. The fourth-order valence-electron chi connectivity index (χ4n) is 15.1. The molecular weight excluding hydrogens is 1620 g/mol. The fraction of sp³-hybridized carbons (Fsp3) is 0.120. The normalized spacial score (nSPS) is 11.2. The van der Waals surface area contributed by atoms with Gasteiger partial charge in [0.15, 0.2) is 0 Å². The molecule has 19 rings (SSSR count). The van der Waals surface area contributed by atoms with Crippen molar-refractivity contribution >= 4 is 84.6 Å². The summed E-state index contributed by atoms with van der Waals surface area (Å²) in [6.45, 7) is 19.9. The maximum absolute atomic E-state index is 11.8. The molecule has 0 saturated heterocycles. The van der Waals surface area contributed by atoms with Gasteiger partial charge in [-0.25, -0.2) is 69.2 Å². The van der Waals surface area contributed by atoms with E-state index in [0.717, 1.165) is 178 Å². The lowest BCUT2D eigenvalue weighted by molar-refractivity contribution is 0.0577. The van der Waals surface area contributed by atoms with E-state index in [1.165, 1.54) is 21.1 Å². The Morgan fingerprint density at radius 2 is 0.690 bits per heavy atom. The number of fused-ring (bicyclic) bond motifs is 4. The third kappa shape index (κ3) is 18.5. The molecule has 0 bridgehead atoms. The molecule has 129 heavy (non-hydrogen) atoms. The van der Waals surface area contributed by atoms with E-state index in [2.05, 4.69) is 122 Å². The summed E-state index contributed by atoms with van der Waals surface area (Å²) in [7, 11) is 0. The molecule has 8 aromatic carbocycles. The van der Waals surface area contributed by atoms with Gasteiger partial charge in [0.2, 0.25) is 0 Å². The zero-order valence-corrected chi connectivity index (χ0v) is 72.2. The topological polar surface area (TPSA) is 462 Å². The highest BCUT2D eigenvalue weighted by molar-refractivity contribution is 6.02. The number of nitrogens with zero attached hydrogens (tertiary/aromatic N) is 18. The first-order valence-electron chi connectivity index (χ1n) is 41.1. The second kappa shape index (κ2) is 35.6. The van der Waals surface area contributed by atoms with Gasteiger partial charge in [-0.15, -0.1) is 0 Å². The quantitative estimate of drug-likeness (QED) is 0.0445. The van der Waals surface area contributed by atoms with Crippen LogP contribution in [0.3, 0.4) is 0 Å². The van der Waals surface area contributed by atoms with Crippen molar-refractivity contribution in [1.82, 2.24) is 89.1 Å². The number of hydrogen-bond donors (Lipinski definition) is 8. The maximum Gasteiger partial charge on any atom is 0.269 e. The molecule has 0 aliphatic carbocycles. The summed E-state index contributed by atoms with van der Waals surface area (Å²) in [5, 5.41) is 27.0. The first kappa shape index (κ1) is 85.5. The summed E-state index contributed by atoms with van der Waals surface area (Å²) < 4.78 is 4.75. The van der Waals surface area contributed by atoms with Gasteiger partial charge in [-0.3, -0.25) is 19.1 Å². The average Bonchev–Trinajstić information content (AvgIpc) is 1.09. The highest BCUT2D eigenvalue weighted by atomic mass is 16.3. The molecule has 0 aliphatic rings. The van der Waals surface area contributed by atoms with Crippen molar-refractivity contribution in [2.75, 3.05) is 22.9 Å². The molecule has 0 radical (unpaired) electrons. The largest absolute Gasteiger partial charge is 0.389 e. The molecule has 0 aliphatic heterocycles. The monoisotopic (exact) mass is 1700 g/mol. The predicted molar refractivity (Wildman–Crippen MR) is 506 cm³/mol. The van der Waals surface area contributed by atoms with Crippen molar-refractivity contribution in [3.8, 4) is 112 Å². The zero-order valence-electron chi connectivity index (χ0n) is 72.2. The van der Waals surface area contributed by atoms with Gasteiger partial charge in [0.25, 0.3) is 17.7 Å². The van der Waals surface area contributed by atoms with Crippen molar-refractivity contribution < 1.29 is 19.5 Å². The smallest absolute Gasteiger partial charge is 0.269 e. The summed E-state index contributed by atoms with van der Waals surface area (Å²) in [5.74, 6) is -0.667. The standard InChI is InChI=1S/C28H28N6O.2C25H21N7O.C22H19N5O/c1-17-5-7-19(8-6-17)26-23(20-9-10-25-22(11-20)18(2)30-16-31-25)12-24(27(29)33-26)21-13-32-34(14-21)15-28(3,4)35;1-14-3-5-16(6-4-14)23-20(17-7-8-21-19(9-17)15(2)28-13-29-21)10-22(24(26)31-23)32-12-18(11-30-32)25(27)33;1-14-3-5-16(6-4-14)23-19(17-7-8-20-18(11-17)15(2)28-13-29-20)12-22(24(26)30-23)32-10-9-21(31-32)25(27)33;1-12-3-5-14(6-4-12)20-17(10-18(22(24)28)21(23)27-20)15-7-8-19-16(9-15)13(2)25-11-26-19/h5-14,16,35H,15H2,1-4H3,(H2,29,33);3-13H,1-2H3,(H2,26,31)(H2,27,33);3-13H,1-2H3,(H2,26,30)(H2,27,33);3-11H,1-2H3,(H2,23,27)(H2,24,28). The van der Waals surface area contributed by atoms with Gasteiger partial charge in [0, 0.05) is 119 Å². The molecule has 29 nitrogen and oxygen atoms in total. The summed E-state index contributed by atoms with van der Waals surface area (Å²) >= 11 is 0. The highest BCUT2D eigenvalue weighted by Crippen LogP contribution is 2.43. The molecule has 0 spiro atoms. The molecule has 0 saturated carbocycles. The van der Waals surface area contributed by atoms with Gasteiger partial charge in [0.05, 0.1) is 80.5 Å². The van der Waals surface area contributed by atoms with E-state index in [1.54, 1.807) is 74.6 Å². The first-order valence-corrected chi connectivity index (χ1v) is 41.1. The second-order valence-corrected chi connectivity index (χ2v) is 32.1. The Morgan fingerprint density at radius 1 is 0.341 bits per heavy atom. The van der Waals surface area contributed by atoms with Crippen LogP contribution >= 0.6 is 0 Å². The van der Waals surface area contributed by atoms with Gasteiger partial charge in [0.1, 0.15) is 65.6 Å². The number of anilines is 4. The van der Waals surface area contributed by atoms with E-state index in [9.17, 15) is 19.5 Å². The number of hydrogen-bond acceptors (Lipinski definition) is 23. The number of carbonyl (C=O) groups excluding carboxylic acids is 3. The van der Waals surface area contributed by atoms with Crippen LogP contribution in [0.1, 0.15) is 90.1 Å². The Morgan fingerprint density at radius 3 is 1.04 bits per heavy atom. The number of pyridine rings is 4. The number of aromatic nitrogens is 18. The zero-order chi connectivity index (χ0) is 90.8. The number of aliphatic hydroxyl groups is 1. The van der Waals surface area contributed by atoms with Crippen LogP contribution < -0.4 is 40.1 Å². The summed E-state index contributed by atoms with van der Waals surface area (Å²) in [6, 6.07) is 65.8. The van der Waals surface area contributed by atoms with E-state index in [1.807, 2.05) is 188 Å². The molecule has 0 atom stereocenters. The Hall–Kier alpha value is -17.1. The van der Waals surface area contributed by atoms with Crippen LogP contribution in [0.15, 0.2) is 256 Å². The molecule has 638 valence electrons. The third-order valence-corrected chi connectivity index (χ3v) is 22.0. The Labute approximate surface area is 741 Å². The Kier molecular flexibility index (Phi) is 23.6. The van der Waals surface area contributed by atoms with Crippen LogP contribution in [0.25, 0.3) is 156 Å². The van der Waals surface area contributed by atoms with Crippen LogP contribution in [0.4, 0.5) is 23.3 Å². The van der Waals surface area contributed by atoms with Crippen LogP contribution in [0.2, 0.25) is 0 Å². The number of carbonyl (C=O) groups is 3. The van der Waals surface area contributed by atoms with Crippen molar-refractivity contribution in [2.24, 2.45) is 17.2 Å². The minimum absolute atomic E-state index is 0.118. The summed E-state index contributed by atoms with van der Waals surface area (Å²) in [6.07, 6.45) is 14.5. The SMILES string of the molecule is Cc1ccc(-c2nc(N)c(-c3cnn(CC(C)(C)O)c3)cc2-c2ccc3ncnc(C)c3c2)cc1.Cc1ccc(-c2nc(N)c(-n3cc(C(N)=O)cn3)cc2-c2ccc3ncnc(C)c3c2)cc1.Cc1ccc(-c2nc(N)c(-n3ccc(C(N)=O)n3)cc2-c2ccc3ncnc(C)c3c2)cc1.Cc1ccc(-c2nc(N)c(C(N)=O)cc2-c2ccc3ncnc(C)c3c2)cc1. The molecular formula is C100H89N25O4. The fourth-order valence-corrected chi connectivity index (χ4v) is 15.1. The summed E-state index contributed by atoms with van der Waals surface area (Å²) in [4.78, 5) is 88.5. The van der Waals surface area contributed by atoms with Crippen LogP contribution in [-0.2, 0) is 6.54 Å². The lowest BCUT2D eigenvalue weighted by Crippen LogP contribution is -2.26. The molecule has 11 aromatic heterocycles. The van der Waals surface area contributed by atoms with Crippen LogP contribution in [-0.4, -0.2) is 118 Å². The van der Waals surface area contributed by atoms with Gasteiger partial charge in [-0.05, 0) is 170 Å². The first-order chi connectivity index (χ1) is 61.9. The molecule has 11 heterocycles. The minimum atomic E-state index is -0.876. The number of benzene rings is 8. The number of nitrogens with two attached hydrogens (primary N) is 7. The average molecular weight is 1700 g/mol. The van der Waals surface area contributed by atoms with E-state index in [-0.39, 0.29) is 34.3 Å². The number of primary amides is 3. The van der Waals surface area contributed by atoms with Gasteiger partial charge < -0.3 is 45.2 Å². The van der Waals surface area contributed by atoms with Crippen LogP contribution in [0, 0.1) is 55.4 Å². The van der Waals surface area contributed by atoms with E-state index >= 15 is 0 Å². The van der Waals surface area contributed by atoms with E-state index in [4.69, 9.17) is 55.1 Å². The molecule has 0 fully saturated rings. The van der Waals surface area contributed by atoms with E-state index < -0.39 is 23.3 Å². The highest BCUT2D eigenvalue weighted by Gasteiger charge is 2.25. The molecule has 3 amide bonds. The number of amides is 3.